The zero-order valence-electron chi connectivity index (χ0n) is 8.28. The van der Waals surface area contributed by atoms with Crippen LogP contribution in [0, 0.1) is 11.3 Å². The highest BCUT2D eigenvalue weighted by Crippen LogP contribution is 2.16. The van der Waals surface area contributed by atoms with Crippen LogP contribution in [0.15, 0.2) is 24.3 Å². The molecular weight excluding hydrogens is 193 g/mol. The van der Waals surface area contributed by atoms with Crippen molar-refractivity contribution in [1.29, 1.82) is 5.26 Å². The highest BCUT2D eigenvalue weighted by molar-refractivity contribution is 5.50. The van der Waals surface area contributed by atoms with Gasteiger partial charge in [-0.1, -0.05) is 0 Å². The number of rotatable bonds is 1. The van der Waals surface area contributed by atoms with Gasteiger partial charge in [-0.25, -0.2) is 4.39 Å². The molecule has 3 nitrogen and oxygen atoms in total. The topological polar surface area (TPSA) is 39.1 Å². The first-order valence-electron chi connectivity index (χ1n) is 4.92. The van der Waals surface area contributed by atoms with Crippen LogP contribution in [-0.2, 0) is 0 Å². The molecule has 0 bridgehead atoms. The third-order valence-electron chi connectivity index (χ3n) is 2.49. The van der Waals surface area contributed by atoms with Crippen LogP contribution < -0.4 is 10.2 Å². The SMILES string of the molecule is N#Cc1ccc(N2CCNC(F)C2)cc1. The number of nitriles is 1. The van der Waals surface area contributed by atoms with Gasteiger partial charge < -0.3 is 4.90 Å². The molecule has 0 spiro atoms. The zero-order chi connectivity index (χ0) is 10.7. The van der Waals surface area contributed by atoms with Gasteiger partial charge in [0.1, 0.15) is 0 Å². The van der Waals surface area contributed by atoms with Gasteiger partial charge in [0.15, 0.2) is 6.30 Å². The Kier molecular flexibility index (Phi) is 2.84. The number of nitrogens with zero attached hydrogens (tertiary/aromatic N) is 2. The normalized spacial score (nSPS) is 21.1. The number of alkyl halides is 1. The Morgan fingerprint density at radius 3 is 2.73 bits per heavy atom. The molecule has 1 fully saturated rings. The van der Waals surface area contributed by atoms with E-state index >= 15 is 0 Å². The van der Waals surface area contributed by atoms with E-state index in [4.69, 9.17) is 5.26 Å². The van der Waals surface area contributed by atoms with E-state index in [1.54, 1.807) is 12.1 Å². The van der Waals surface area contributed by atoms with E-state index in [-0.39, 0.29) is 0 Å². The van der Waals surface area contributed by atoms with Crippen LogP contribution >= 0.6 is 0 Å². The molecule has 0 saturated carbocycles. The summed E-state index contributed by atoms with van der Waals surface area (Å²) in [5.74, 6) is 0. The molecule has 4 heteroatoms. The number of benzene rings is 1. The van der Waals surface area contributed by atoms with Crippen molar-refractivity contribution in [3.05, 3.63) is 29.8 Å². The first-order valence-corrected chi connectivity index (χ1v) is 4.92. The minimum Gasteiger partial charge on any atom is -0.366 e. The predicted octanol–water partition coefficient (Wildman–Crippen LogP) is 1.26. The van der Waals surface area contributed by atoms with Gasteiger partial charge in [0, 0.05) is 18.8 Å². The van der Waals surface area contributed by atoms with Gasteiger partial charge in [0.2, 0.25) is 0 Å². The largest absolute Gasteiger partial charge is 0.366 e. The maximum Gasteiger partial charge on any atom is 0.168 e. The number of piperazine rings is 1. The second kappa shape index (κ2) is 4.28. The van der Waals surface area contributed by atoms with Crippen molar-refractivity contribution < 1.29 is 4.39 Å². The van der Waals surface area contributed by atoms with Crippen LogP contribution in [-0.4, -0.2) is 25.9 Å². The lowest BCUT2D eigenvalue weighted by Gasteiger charge is -2.31. The van der Waals surface area contributed by atoms with Gasteiger partial charge in [-0.3, -0.25) is 5.32 Å². The standard InChI is InChI=1S/C11H12FN3/c12-11-8-15(6-5-14-11)10-3-1-9(7-13)2-4-10/h1-4,11,14H,5-6,8H2. The van der Waals surface area contributed by atoms with Crippen molar-refractivity contribution >= 4 is 5.69 Å². The van der Waals surface area contributed by atoms with Crippen LogP contribution in [0.4, 0.5) is 10.1 Å². The monoisotopic (exact) mass is 205 g/mol. The first-order chi connectivity index (χ1) is 7.29. The summed E-state index contributed by atoms with van der Waals surface area (Å²) in [6.07, 6.45) is -0.964. The quantitative estimate of drug-likeness (QED) is 0.701. The molecule has 1 unspecified atom stereocenters. The molecule has 0 aromatic heterocycles. The molecule has 1 aromatic rings. The average Bonchev–Trinajstić information content (AvgIpc) is 2.29. The van der Waals surface area contributed by atoms with E-state index in [0.717, 1.165) is 12.2 Å². The molecular formula is C11H12FN3. The molecule has 0 radical (unpaired) electrons. The summed E-state index contributed by atoms with van der Waals surface area (Å²) in [5.41, 5.74) is 1.60. The zero-order valence-corrected chi connectivity index (χ0v) is 8.28. The molecule has 1 heterocycles. The van der Waals surface area contributed by atoms with Gasteiger partial charge in [0.05, 0.1) is 18.2 Å². The third kappa shape index (κ3) is 2.25. The molecule has 1 aromatic carbocycles. The van der Waals surface area contributed by atoms with Gasteiger partial charge in [-0.2, -0.15) is 5.26 Å². The number of nitrogens with one attached hydrogen (secondary N) is 1. The molecule has 15 heavy (non-hydrogen) atoms. The molecule has 78 valence electrons. The highest BCUT2D eigenvalue weighted by atomic mass is 19.1. The van der Waals surface area contributed by atoms with Crippen molar-refractivity contribution in [2.45, 2.75) is 6.30 Å². The fourth-order valence-corrected chi connectivity index (χ4v) is 1.69. The van der Waals surface area contributed by atoms with Crippen LogP contribution in [0.5, 0.6) is 0 Å². The van der Waals surface area contributed by atoms with Gasteiger partial charge in [0.25, 0.3) is 0 Å². The molecule has 1 atom stereocenters. The Labute approximate surface area is 88.1 Å². The van der Waals surface area contributed by atoms with Gasteiger partial charge in [-0.15, -0.1) is 0 Å². The van der Waals surface area contributed by atoms with E-state index in [0.29, 0.717) is 18.7 Å². The van der Waals surface area contributed by atoms with Crippen molar-refractivity contribution in [3.8, 4) is 6.07 Å². The average molecular weight is 205 g/mol. The van der Waals surface area contributed by atoms with Crippen molar-refractivity contribution in [2.24, 2.45) is 0 Å². The number of anilines is 1. The van der Waals surface area contributed by atoms with E-state index in [1.165, 1.54) is 0 Å². The summed E-state index contributed by atoms with van der Waals surface area (Å²) in [5, 5.41) is 11.4. The molecule has 2 rings (SSSR count). The second-order valence-corrected chi connectivity index (χ2v) is 3.53. The minimum atomic E-state index is -0.964. The summed E-state index contributed by atoms with van der Waals surface area (Å²) in [4.78, 5) is 1.97. The highest BCUT2D eigenvalue weighted by Gasteiger charge is 2.18. The molecule has 0 amide bonds. The summed E-state index contributed by atoms with van der Waals surface area (Å²) >= 11 is 0. The molecule has 1 saturated heterocycles. The number of hydrogen-bond acceptors (Lipinski definition) is 3. The van der Waals surface area contributed by atoms with E-state index in [1.807, 2.05) is 17.0 Å². The van der Waals surface area contributed by atoms with Crippen LogP contribution in [0.3, 0.4) is 0 Å². The second-order valence-electron chi connectivity index (χ2n) is 3.53. The Morgan fingerprint density at radius 1 is 1.40 bits per heavy atom. The lowest BCUT2D eigenvalue weighted by Crippen LogP contribution is -2.48. The molecule has 0 aliphatic carbocycles. The third-order valence-corrected chi connectivity index (χ3v) is 2.49. The van der Waals surface area contributed by atoms with Crippen LogP contribution in [0.2, 0.25) is 0 Å². The first kappa shape index (κ1) is 9.94. The lowest BCUT2D eigenvalue weighted by atomic mass is 10.2. The summed E-state index contributed by atoms with van der Waals surface area (Å²) in [6, 6.07) is 9.29. The summed E-state index contributed by atoms with van der Waals surface area (Å²) in [6.45, 7) is 1.82. The van der Waals surface area contributed by atoms with Crippen LogP contribution in [0.1, 0.15) is 5.56 Å². The van der Waals surface area contributed by atoms with Crippen molar-refractivity contribution in [1.82, 2.24) is 5.32 Å². The predicted molar refractivity (Wildman–Crippen MR) is 56.3 cm³/mol. The Balaban J connectivity index is 2.12. The van der Waals surface area contributed by atoms with Crippen molar-refractivity contribution in [3.63, 3.8) is 0 Å². The summed E-state index contributed by atoms with van der Waals surface area (Å²) in [7, 11) is 0. The Bertz CT molecular complexity index is 368. The maximum absolute atomic E-state index is 13.1. The molecule has 1 aliphatic rings. The minimum absolute atomic E-state index is 0.367. The van der Waals surface area contributed by atoms with Gasteiger partial charge in [-0.05, 0) is 24.3 Å². The van der Waals surface area contributed by atoms with E-state index < -0.39 is 6.30 Å². The maximum atomic E-state index is 13.1. The lowest BCUT2D eigenvalue weighted by molar-refractivity contribution is 0.256. The molecule has 1 N–H and O–H groups in total. The van der Waals surface area contributed by atoms with E-state index in [9.17, 15) is 4.39 Å². The smallest absolute Gasteiger partial charge is 0.168 e. The van der Waals surface area contributed by atoms with Crippen LogP contribution in [0.25, 0.3) is 0 Å². The fraction of sp³-hybridized carbons (Fsp3) is 0.364. The number of halogens is 1. The Hall–Kier alpha value is -1.60. The molecule has 1 aliphatic heterocycles. The number of hydrogen-bond donors (Lipinski definition) is 1. The van der Waals surface area contributed by atoms with Crippen molar-refractivity contribution in [2.75, 3.05) is 24.5 Å². The Morgan fingerprint density at radius 2 is 2.13 bits per heavy atom. The fourth-order valence-electron chi connectivity index (χ4n) is 1.69. The van der Waals surface area contributed by atoms with Gasteiger partial charge >= 0.3 is 0 Å². The van der Waals surface area contributed by atoms with E-state index in [2.05, 4.69) is 11.4 Å². The summed E-state index contributed by atoms with van der Waals surface area (Å²) < 4.78 is 13.1.